The topological polar surface area (TPSA) is 0 Å². The van der Waals surface area contributed by atoms with Crippen molar-refractivity contribution in [2.75, 3.05) is 0 Å². The van der Waals surface area contributed by atoms with Gasteiger partial charge in [0.2, 0.25) is 0 Å². The average Bonchev–Trinajstić information content (AvgIpc) is 2.07. The van der Waals surface area contributed by atoms with Gasteiger partial charge in [-0.2, -0.15) is 0 Å². The van der Waals surface area contributed by atoms with E-state index in [0.717, 1.165) is 24.0 Å². The van der Waals surface area contributed by atoms with E-state index in [1.54, 1.807) is 0 Å². The molecule has 0 unspecified atom stereocenters. The van der Waals surface area contributed by atoms with Crippen molar-refractivity contribution in [3.05, 3.63) is 59.7 Å². The van der Waals surface area contributed by atoms with Crippen LogP contribution in [0.4, 0.5) is 0 Å². The summed E-state index contributed by atoms with van der Waals surface area (Å²) in [5.74, 6) is 0. The molecule has 0 aromatic heterocycles. The Bertz CT molecular complexity index is 318. The predicted octanol–water partition coefficient (Wildman–Crippen LogP) is -3.49. The van der Waals surface area contributed by atoms with Crippen LogP contribution in [0.15, 0.2) is 35.4 Å². The zero-order valence-electron chi connectivity index (χ0n) is 8.88. The molecular formula is C12H10Li2. The van der Waals surface area contributed by atoms with Crippen LogP contribution in [0.3, 0.4) is 0 Å². The second-order valence-corrected chi connectivity index (χ2v) is 3.17. The Labute approximate surface area is 110 Å². The van der Waals surface area contributed by atoms with Crippen LogP contribution in [0, 0.1) is 13.2 Å². The van der Waals surface area contributed by atoms with Gasteiger partial charge in [0.05, 0.1) is 0 Å². The summed E-state index contributed by atoms with van der Waals surface area (Å²) in [5.41, 5.74) is 4.27. The Morgan fingerprint density at radius 2 is 1.14 bits per heavy atom. The maximum absolute atomic E-state index is 5.75. The van der Waals surface area contributed by atoms with Crippen LogP contribution >= 0.6 is 0 Å². The van der Waals surface area contributed by atoms with Gasteiger partial charge in [0.15, 0.2) is 0 Å². The van der Waals surface area contributed by atoms with E-state index in [9.17, 15) is 0 Å². The van der Waals surface area contributed by atoms with Gasteiger partial charge in [0.25, 0.3) is 0 Å². The summed E-state index contributed by atoms with van der Waals surface area (Å²) in [6, 6.07) is 8.28. The second-order valence-electron chi connectivity index (χ2n) is 3.17. The molecule has 0 saturated carbocycles. The van der Waals surface area contributed by atoms with Gasteiger partial charge in [-0.15, -0.1) is 12.8 Å². The molecule has 0 amide bonds. The van der Waals surface area contributed by atoms with Crippen LogP contribution in [-0.4, -0.2) is 0 Å². The molecule has 1 aliphatic carbocycles. The van der Waals surface area contributed by atoms with E-state index in [1.807, 2.05) is 12.1 Å². The van der Waals surface area contributed by atoms with Crippen molar-refractivity contribution in [1.82, 2.24) is 0 Å². The van der Waals surface area contributed by atoms with Crippen molar-refractivity contribution in [2.45, 2.75) is 12.8 Å². The van der Waals surface area contributed by atoms with E-state index >= 15 is 0 Å². The molecule has 1 aromatic rings. The third-order valence-electron chi connectivity index (χ3n) is 2.29. The quantitative estimate of drug-likeness (QED) is 0.279. The minimum atomic E-state index is 0. The van der Waals surface area contributed by atoms with Crippen LogP contribution < -0.4 is 37.7 Å². The molecule has 2 heteroatoms. The van der Waals surface area contributed by atoms with Crippen LogP contribution in [0.5, 0.6) is 0 Å². The molecule has 0 N–H and O–H groups in total. The standard InChI is InChI=1S/C12H10.2Li/c1-9-7-11-5-3-4-6-12(11)8-10(9)2;;/h1-6H,7-8H2;;/q-2;2*+1. The first-order valence-corrected chi connectivity index (χ1v) is 4.07. The predicted molar refractivity (Wildman–Crippen MR) is 49.5 cm³/mol. The number of fused-ring (bicyclic) bond motifs is 1. The Hall–Kier alpha value is -0.105. The number of benzene rings is 1. The zero-order valence-corrected chi connectivity index (χ0v) is 8.88. The van der Waals surface area contributed by atoms with E-state index in [0.29, 0.717) is 0 Å². The van der Waals surface area contributed by atoms with E-state index < -0.39 is 0 Å². The van der Waals surface area contributed by atoms with Crippen LogP contribution in [0.1, 0.15) is 11.1 Å². The number of hydrogen-bond donors (Lipinski definition) is 0. The van der Waals surface area contributed by atoms with E-state index in [2.05, 4.69) is 12.1 Å². The average molecular weight is 168 g/mol. The molecule has 0 saturated heterocycles. The normalized spacial score (nSPS) is 13.7. The second kappa shape index (κ2) is 5.70. The Kier molecular flexibility index (Phi) is 5.65. The number of hydrogen-bond acceptors (Lipinski definition) is 0. The minimum absolute atomic E-state index is 0. The third kappa shape index (κ3) is 2.69. The first-order valence-electron chi connectivity index (χ1n) is 4.07. The summed E-state index contributed by atoms with van der Waals surface area (Å²) in [6.45, 7) is 11.5. The molecule has 0 bridgehead atoms. The molecule has 0 atom stereocenters. The molecule has 0 spiro atoms. The molecule has 0 radical (unpaired) electrons. The maximum Gasteiger partial charge on any atom is 1.00 e. The summed E-state index contributed by atoms with van der Waals surface area (Å²) < 4.78 is 0. The van der Waals surface area contributed by atoms with E-state index in [4.69, 9.17) is 13.2 Å². The van der Waals surface area contributed by atoms with Gasteiger partial charge >= 0.3 is 37.7 Å². The summed E-state index contributed by atoms with van der Waals surface area (Å²) >= 11 is 0. The van der Waals surface area contributed by atoms with E-state index in [1.165, 1.54) is 11.1 Å². The first-order chi connectivity index (χ1) is 5.77. The largest absolute Gasteiger partial charge is 1.00 e. The third-order valence-corrected chi connectivity index (χ3v) is 2.29. The van der Waals surface area contributed by atoms with Gasteiger partial charge in [0.1, 0.15) is 0 Å². The van der Waals surface area contributed by atoms with Crippen molar-refractivity contribution in [1.29, 1.82) is 0 Å². The Balaban J connectivity index is 0.000000845. The monoisotopic (exact) mass is 168 g/mol. The molecule has 0 fully saturated rings. The SMILES string of the molecule is [CH-]=C1Cc2ccccc2CC1=[CH-].[Li+].[Li+]. The number of allylic oxidation sites excluding steroid dienone is 2. The van der Waals surface area contributed by atoms with Crippen LogP contribution in [-0.2, 0) is 12.8 Å². The Morgan fingerprint density at radius 1 is 0.786 bits per heavy atom. The molecule has 1 aliphatic rings. The minimum Gasteiger partial charge on any atom is -0.390 e. The first kappa shape index (κ1) is 13.9. The van der Waals surface area contributed by atoms with Gasteiger partial charge < -0.3 is 24.3 Å². The van der Waals surface area contributed by atoms with Gasteiger partial charge in [0, 0.05) is 0 Å². The van der Waals surface area contributed by atoms with Crippen molar-refractivity contribution in [3.63, 3.8) is 0 Å². The summed E-state index contributed by atoms with van der Waals surface area (Å²) in [4.78, 5) is 0. The molecule has 14 heavy (non-hydrogen) atoms. The van der Waals surface area contributed by atoms with Gasteiger partial charge in [-0.05, 0) is 0 Å². The van der Waals surface area contributed by atoms with Crippen LogP contribution in [0.25, 0.3) is 0 Å². The van der Waals surface area contributed by atoms with Crippen molar-refractivity contribution in [2.24, 2.45) is 0 Å². The Morgan fingerprint density at radius 3 is 1.50 bits per heavy atom. The maximum atomic E-state index is 5.75. The summed E-state index contributed by atoms with van der Waals surface area (Å²) in [6.07, 6.45) is 1.62. The molecule has 1 aromatic carbocycles. The van der Waals surface area contributed by atoms with Gasteiger partial charge in [-0.1, -0.05) is 35.4 Å². The van der Waals surface area contributed by atoms with Crippen molar-refractivity contribution >= 4 is 0 Å². The fourth-order valence-corrected chi connectivity index (χ4v) is 1.54. The molecule has 60 valence electrons. The van der Waals surface area contributed by atoms with E-state index in [-0.39, 0.29) is 37.7 Å². The fourth-order valence-electron chi connectivity index (χ4n) is 1.54. The van der Waals surface area contributed by atoms with Gasteiger partial charge in [-0.25, -0.2) is 0 Å². The molecule has 0 aliphatic heterocycles. The zero-order chi connectivity index (χ0) is 8.55. The summed E-state index contributed by atoms with van der Waals surface area (Å²) in [5, 5.41) is 0. The molecular weight excluding hydrogens is 158 g/mol. The van der Waals surface area contributed by atoms with Crippen LogP contribution in [0.2, 0.25) is 0 Å². The summed E-state index contributed by atoms with van der Waals surface area (Å²) in [7, 11) is 0. The fraction of sp³-hybridized carbons (Fsp3) is 0.167. The number of rotatable bonds is 0. The van der Waals surface area contributed by atoms with Crippen molar-refractivity contribution in [3.8, 4) is 0 Å². The molecule has 0 heterocycles. The molecule has 2 rings (SSSR count). The molecule has 0 nitrogen and oxygen atoms in total. The smallest absolute Gasteiger partial charge is 0.390 e. The van der Waals surface area contributed by atoms with Crippen molar-refractivity contribution < 1.29 is 37.7 Å². The van der Waals surface area contributed by atoms with Gasteiger partial charge in [-0.3, -0.25) is 0 Å².